The van der Waals surface area contributed by atoms with Gasteiger partial charge in [0.15, 0.2) is 6.61 Å². The van der Waals surface area contributed by atoms with Crippen molar-refractivity contribution in [3.63, 3.8) is 0 Å². The molecule has 1 atom stereocenters. The number of carbonyl (C=O) groups excluding carboxylic acids is 2. The van der Waals surface area contributed by atoms with Crippen molar-refractivity contribution in [3.05, 3.63) is 29.8 Å². The van der Waals surface area contributed by atoms with Crippen molar-refractivity contribution in [3.8, 4) is 11.8 Å². The van der Waals surface area contributed by atoms with Crippen LogP contribution in [-0.2, 0) is 14.3 Å². The number of benzene rings is 1. The number of amides is 1. The molecule has 0 spiro atoms. The molecule has 1 N–H and O–H groups in total. The smallest absolute Gasteiger partial charge is 0.328 e. The number of nitrogens with one attached hydrogen (secondary N) is 1. The lowest BCUT2D eigenvalue weighted by Gasteiger charge is -2.12. The quantitative estimate of drug-likeness (QED) is 0.785. The molecule has 0 bridgehead atoms. The summed E-state index contributed by atoms with van der Waals surface area (Å²) < 4.78 is 9.69. The van der Waals surface area contributed by atoms with Crippen molar-refractivity contribution in [2.24, 2.45) is 0 Å². The first-order valence-corrected chi connectivity index (χ1v) is 5.57. The highest BCUT2D eigenvalue weighted by Gasteiger charge is 2.16. The lowest BCUT2D eigenvalue weighted by Crippen LogP contribution is -2.41. The van der Waals surface area contributed by atoms with Crippen molar-refractivity contribution >= 4 is 11.9 Å². The van der Waals surface area contributed by atoms with E-state index in [2.05, 4.69) is 10.1 Å². The summed E-state index contributed by atoms with van der Waals surface area (Å²) in [7, 11) is 1.24. The van der Waals surface area contributed by atoms with E-state index in [0.717, 1.165) is 0 Å². The van der Waals surface area contributed by atoms with E-state index < -0.39 is 17.9 Å². The van der Waals surface area contributed by atoms with Gasteiger partial charge in [0.2, 0.25) is 0 Å². The topological polar surface area (TPSA) is 88.4 Å². The Morgan fingerprint density at radius 2 is 2.11 bits per heavy atom. The Kier molecular flexibility index (Phi) is 5.35. The van der Waals surface area contributed by atoms with E-state index in [0.29, 0.717) is 11.3 Å². The number of rotatable bonds is 5. The number of hydrogen-bond donors (Lipinski definition) is 1. The Bertz CT molecular complexity index is 508. The van der Waals surface area contributed by atoms with Crippen molar-refractivity contribution in [2.45, 2.75) is 13.0 Å². The Labute approximate surface area is 110 Å². The average Bonchev–Trinajstić information content (AvgIpc) is 2.44. The molecule has 1 rings (SSSR count). The third-order valence-electron chi connectivity index (χ3n) is 2.30. The van der Waals surface area contributed by atoms with Gasteiger partial charge < -0.3 is 14.8 Å². The molecule has 1 aromatic carbocycles. The minimum atomic E-state index is -0.743. The first-order valence-electron chi connectivity index (χ1n) is 5.57. The van der Waals surface area contributed by atoms with Gasteiger partial charge >= 0.3 is 5.97 Å². The van der Waals surface area contributed by atoms with Crippen LogP contribution < -0.4 is 10.1 Å². The lowest BCUT2D eigenvalue weighted by molar-refractivity contribution is -0.144. The van der Waals surface area contributed by atoms with Gasteiger partial charge in [0.1, 0.15) is 17.9 Å². The van der Waals surface area contributed by atoms with E-state index in [4.69, 9.17) is 10.00 Å². The van der Waals surface area contributed by atoms with E-state index in [1.165, 1.54) is 14.0 Å². The molecule has 0 radical (unpaired) electrons. The molecule has 0 heterocycles. The van der Waals surface area contributed by atoms with Crippen LogP contribution in [-0.4, -0.2) is 31.6 Å². The van der Waals surface area contributed by atoms with Crippen LogP contribution in [0, 0.1) is 11.3 Å². The molecule has 1 amide bonds. The molecule has 0 aliphatic heterocycles. The molecule has 0 fully saturated rings. The minimum Gasteiger partial charge on any atom is -0.482 e. The van der Waals surface area contributed by atoms with Crippen molar-refractivity contribution < 1.29 is 19.1 Å². The molecular formula is C13H14N2O4. The van der Waals surface area contributed by atoms with Gasteiger partial charge in [-0.15, -0.1) is 0 Å². The van der Waals surface area contributed by atoms with Crippen LogP contribution in [0.3, 0.4) is 0 Å². The molecule has 19 heavy (non-hydrogen) atoms. The number of ether oxygens (including phenoxy) is 2. The monoisotopic (exact) mass is 262 g/mol. The van der Waals surface area contributed by atoms with Gasteiger partial charge in [0, 0.05) is 0 Å². The highest BCUT2D eigenvalue weighted by Crippen LogP contribution is 2.16. The van der Waals surface area contributed by atoms with Gasteiger partial charge in [0.05, 0.1) is 12.7 Å². The highest BCUT2D eigenvalue weighted by atomic mass is 16.5. The number of hydrogen-bond acceptors (Lipinski definition) is 5. The van der Waals surface area contributed by atoms with Gasteiger partial charge in [-0.05, 0) is 19.1 Å². The van der Waals surface area contributed by atoms with Gasteiger partial charge in [0.25, 0.3) is 5.91 Å². The molecule has 0 saturated heterocycles. The molecule has 0 saturated carbocycles. The summed E-state index contributed by atoms with van der Waals surface area (Å²) in [6, 6.07) is 7.79. The lowest BCUT2D eigenvalue weighted by atomic mass is 10.2. The summed E-state index contributed by atoms with van der Waals surface area (Å²) in [5.41, 5.74) is 0.344. The van der Waals surface area contributed by atoms with Gasteiger partial charge in [-0.3, -0.25) is 4.79 Å². The van der Waals surface area contributed by atoms with Gasteiger partial charge in [-0.1, -0.05) is 12.1 Å². The second-order valence-corrected chi connectivity index (χ2v) is 3.71. The van der Waals surface area contributed by atoms with E-state index in [1.807, 2.05) is 6.07 Å². The van der Waals surface area contributed by atoms with Crippen LogP contribution in [0.4, 0.5) is 0 Å². The van der Waals surface area contributed by atoms with Crippen LogP contribution in [0.1, 0.15) is 12.5 Å². The van der Waals surface area contributed by atoms with Crippen LogP contribution in [0.15, 0.2) is 24.3 Å². The molecule has 0 aromatic heterocycles. The van der Waals surface area contributed by atoms with Crippen LogP contribution >= 0.6 is 0 Å². The highest BCUT2D eigenvalue weighted by molar-refractivity contribution is 5.84. The molecule has 0 aliphatic carbocycles. The number of nitriles is 1. The summed E-state index contributed by atoms with van der Waals surface area (Å²) >= 11 is 0. The van der Waals surface area contributed by atoms with E-state index in [-0.39, 0.29) is 6.61 Å². The van der Waals surface area contributed by atoms with Crippen LogP contribution in [0.5, 0.6) is 5.75 Å². The summed E-state index contributed by atoms with van der Waals surface area (Å²) in [5, 5.41) is 11.3. The molecule has 0 unspecified atom stereocenters. The van der Waals surface area contributed by atoms with Gasteiger partial charge in [-0.25, -0.2) is 4.79 Å². The van der Waals surface area contributed by atoms with Crippen molar-refractivity contribution in [1.82, 2.24) is 5.32 Å². The minimum absolute atomic E-state index is 0.278. The van der Waals surface area contributed by atoms with E-state index >= 15 is 0 Å². The maximum absolute atomic E-state index is 11.5. The first kappa shape index (κ1) is 14.5. The fourth-order valence-electron chi connectivity index (χ4n) is 1.35. The zero-order chi connectivity index (χ0) is 14.3. The fourth-order valence-corrected chi connectivity index (χ4v) is 1.35. The Morgan fingerprint density at radius 1 is 1.42 bits per heavy atom. The molecule has 6 nitrogen and oxygen atoms in total. The summed E-state index contributed by atoms with van der Waals surface area (Å²) in [6.45, 7) is 1.23. The summed E-state index contributed by atoms with van der Waals surface area (Å²) in [4.78, 5) is 22.6. The van der Waals surface area contributed by atoms with Crippen molar-refractivity contribution in [2.75, 3.05) is 13.7 Å². The summed E-state index contributed by atoms with van der Waals surface area (Å²) in [5.74, 6) is -0.678. The molecular weight excluding hydrogens is 248 g/mol. The normalized spacial score (nSPS) is 11.0. The SMILES string of the molecule is COC(=O)[C@@H](C)NC(=O)COc1ccccc1C#N. The maximum atomic E-state index is 11.5. The predicted octanol–water partition coefficient (Wildman–Crippen LogP) is 0.615. The first-order chi connectivity index (χ1) is 9.08. The molecule has 6 heteroatoms. The standard InChI is InChI=1S/C13H14N2O4/c1-9(13(17)18-2)15-12(16)8-19-11-6-4-3-5-10(11)7-14/h3-6,9H,8H2,1-2H3,(H,15,16)/t9-/m1/s1. The van der Waals surface area contributed by atoms with E-state index in [1.54, 1.807) is 24.3 Å². The van der Waals surface area contributed by atoms with Crippen LogP contribution in [0.25, 0.3) is 0 Å². The number of nitrogens with zero attached hydrogens (tertiary/aromatic N) is 1. The Balaban J connectivity index is 2.51. The number of carbonyl (C=O) groups is 2. The average molecular weight is 262 g/mol. The molecule has 0 aliphatic rings. The number of esters is 1. The number of methoxy groups -OCH3 is 1. The van der Waals surface area contributed by atoms with E-state index in [9.17, 15) is 9.59 Å². The van der Waals surface area contributed by atoms with Gasteiger partial charge in [-0.2, -0.15) is 5.26 Å². The third-order valence-corrected chi connectivity index (χ3v) is 2.30. The Morgan fingerprint density at radius 3 is 2.74 bits per heavy atom. The van der Waals surface area contributed by atoms with Crippen LogP contribution in [0.2, 0.25) is 0 Å². The largest absolute Gasteiger partial charge is 0.482 e. The summed E-state index contributed by atoms with van der Waals surface area (Å²) in [6.07, 6.45) is 0. The third kappa shape index (κ3) is 4.32. The van der Waals surface area contributed by atoms with Crippen molar-refractivity contribution in [1.29, 1.82) is 5.26 Å². The predicted molar refractivity (Wildman–Crippen MR) is 66.3 cm³/mol. The molecule has 100 valence electrons. The maximum Gasteiger partial charge on any atom is 0.328 e. The Hall–Kier alpha value is -2.55. The fraction of sp³-hybridized carbons (Fsp3) is 0.308. The number of para-hydroxylation sites is 1. The zero-order valence-corrected chi connectivity index (χ0v) is 10.7. The molecule has 1 aromatic rings. The second-order valence-electron chi connectivity index (χ2n) is 3.71. The zero-order valence-electron chi connectivity index (χ0n) is 10.7. The second kappa shape index (κ2) is 7.01.